The molecule has 12 aromatic carbocycles. The molecule has 0 spiro atoms. The highest BCUT2D eigenvalue weighted by Gasteiger charge is 2.44. The van der Waals surface area contributed by atoms with Crippen LogP contribution in [0.2, 0.25) is 0 Å². The molecule has 0 amide bonds. The number of furan rings is 2. The second kappa shape index (κ2) is 23.0. The third-order valence-corrected chi connectivity index (χ3v) is 20.5. The number of rotatable bonds is 8. The zero-order chi connectivity index (χ0) is 66.9. The molecule has 0 N–H and O–H groups in total. The maximum atomic E-state index is 6.93. The van der Waals surface area contributed by atoms with Crippen molar-refractivity contribution in [2.24, 2.45) is 0 Å². The van der Waals surface area contributed by atoms with Crippen molar-refractivity contribution in [2.75, 3.05) is 0 Å². The van der Waals surface area contributed by atoms with Crippen molar-refractivity contribution in [3.63, 3.8) is 0 Å². The molecular formula is C90H56N8O4. The molecule has 102 heavy (non-hydrogen) atoms. The third-order valence-electron chi connectivity index (χ3n) is 20.5. The van der Waals surface area contributed by atoms with Gasteiger partial charge in [-0.15, -0.1) is 0 Å². The summed E-state index contributed by atoms with van der Waals surface area (Å²) in [4.78, 5) is 30.8. The van der Waals surface area contributed by atoms with Crippen molar-refractivity contribution < 1.29 is 18.3 Å². The van der Waals surface area contributed by atoms with Gasteiger partial charge in [-0.25, -0.2) is 29.9 Å². The number of hydrogen-bond acceptors (Lipinski definition) is 10. The fourth-order valence-electron chi connectivity index (χ4n) is 16.1. The number of ether oxygens (including phenoxy) is 2. The van der Waals surface area contributed by atoms with E-state index in [1.807, 2.05) is 127 Å². The van der Waals surface area contributed by atoms with Crippen LogP contribution < -0.4 is 9.47 Å². The molecule has 4 aliphatic rings. The van der Waals surface area contributed by atoms with Crippen molar-refractivity contribution in [3.8, 4) is 91.2 Å². The van der Waals surface area contributed by atoms with Crippen molar-refractivity contribution in [2.45, 2.75) is 24.0 Å². The van der Waals surface area contributed by atoms with E-state index in [-0.39, 0.29) is 24.0 Å². The predicted molar refractivity (Wildman–Crippen MR) is 404 cm³/mol. The number of para-hydroxylation sites is 6. The third kappa shape index (κ3) is 9.09. The van der Waals surface area contributed by atoms with Crippen molar-refractivity contribution in [1.29, 1.82) is 0 Å². The molecule has 8 heterocycles. The highest BCUT2D eigenvalue weighted by atomic mass is 16.5. The molecule has 12 heteroatoms. The van der Waals surface area contributed by atoms with Gasteiger partial charge in [0.1, 0.15) is 46.0 Å². The summed E-state index contributed by atoms with van der Waals surface area (Å²) >= 11 is 0. The Morgan fingerprint density at radius 1 is 0.275 bits per heavy atom. The SMILES string of the molecule is C1=CC2c3c(cccc3-c3nc(-c4ccccc4)nc(-c4ccc5c(c4)oc4ccccc45)n3)OC2c2c1n(-c1ccccc1)c1ccccc21.C1=CC2c3c(cccc3-c3nc(-c4ccccc4)nc(-c4cccc5oc6ccccc6c45)n3)OC2c2c1n(-c1ccccc1)c1ccccc21. The smallest absolute Gasteiger partial charge is 0.164 e. The first-order valence-electron chi connectivity index (χ1n) is 34.4. The molecule has 2 aliphatic carbocycles. The summed E-state index contributed by atoms with van der Waals surface area (Å²) in [5.74, 6) is 5.27. The van der Waals surface area contributed by atoms with E-state index in [4.69, 9.17) is 48.2 Å². The molecule has 0 bridgehead atoms. The molecule has 22 rings (SSSR count). The van der Waals surface area contributed by atoms with Gasteiger partial charge < -0.3 is 27.4 Å². The molecular weight excluding hydrogens is 1260 g/mol. The van der Waals surface area contributed by atoms with Gasteiger partial charge in [-0.1, -0.05) is 224 Å². The summed E-state index contributed by atoms with van der Waals surface area (Å²) in [5, 5.41) is 6.56. The molecule has 0 saturated carbocycles. The lowest BCUT2D eigenvalue weighted by Gasteiger charge is -2.22. The zero-order valence-electron chi connectivity index (χ0n) is 54.5. The average Bonchev–Trinajstić information content (AvgIpc) is 1.56. The fourth-order valence-corrected chi connectivity index (χ4v) is 16.1. The first-order chi connectivity index (χ1) is 50.6. The van der Waals surface area contributed by atoms with Gasteiger partial charge in [-0.2, -0.15) is 0 Å². The van der Waals surface area contributed by atoms with E-state index < -0.39 is 0 Å². The molecule has 2 aliphatic heterocycles. The lowest BCUT2D eigenvalue weighted by atomic mass is 9.83. The second-order valence-electron chi connectivity index (χ2n) is 26.2. The topological polar surface area (TPSA) is 132 Å². The Morgan fingerprint density at radius 3 is 1.22 bits per heavy atom. The average molecular weight is 1310 g/mol. The number of hydrogen-bond donors (Lipinski definition) is 0. The van der Waals surface area contributed by atoms with Crippen LogP contribution in [-0.2, 0) is 0 Å². The van der Waals surface area contributed by atoms with Gasteiger partial charge >= 0.3 is 0 Å². The van der Waals surface area contributed by atoms with Gasteiger partial charge in [0.15, 0.2) is 34.9 Å². The summed E-state index contributed by atoms with van der Waals surface area (Å²) in [6.45, 7) is 0. The van der Waals surface area contributed by atoms with E-state index in [1.165, 1.54) is 21.9 Å². The van der Waals surface area contributed by atoms with Gasteiger partial charge in [0, 0.05) is 111 Å². The summed E-state index contributed by atoms with van der Waals surface area (Å²) in [6, 6.07) is 99.4. The molecule has 6 aromatic heterocycles. The normalized spacial score (nSPS) is 15.9. The summed E-state index contributed by atoms with van der Waals surface area (Å²) < 4.78 is 31.0. The number of nitrogens with zero attached hydrogens (tertiary/aromatic N) is 8. The van der Waals surface area contributed by atoms with Crippen molar-refractivity contribution >= 4 is 77.8 Å². The minimum atomic E-state index is -0.197. The van der Waals surface area contributed by atoms with Crippen LogP contribution in [0.25, 0.3) is 158 Å². The fraction of sp³-hybridized carbons (Fsp3) is 0.0444. The van der Waals surface area contributed by atoms with Crippen LogP contribution in [0.1, 0.15) is 57.7 Å². The minimum absolute atomic E-state index is 0.0222. The quantitative estimate of drug-likeness (QED) is 0.145. The van der Waals surface area contributed by atoms with Crippen LogP contribution in [0.15, 0.2) is 312 Å². The molecule has 4 atom stereocenters. The largest absolute Gasteiger partial charge is 0.484 e. The summed E-state index contributed by atoms with van der Waals surface area (Å²) in [7, 11) is 0. The molecule has 4 unspecified atom stereocenters. The van der Waals surface area contributed by atoms with Gasteiger partial charge in [0.25, 0.3) is 0 Å². The van der Waals surface area contributed by atoms with Crippen LogP contribution in [0, 0.1) is 0 Å². The van der Waals surface area contributed by atoms with Gasteiger partial charge in [-0.05, 0) is 91.0 Å². The molecule has 0 radical (unpaired) electrons. The van der Waals surface area contributed by atoms with E-state index >= 15 is 0 Å². The Labute approximate surface area is 584 Å². The maximum absolute atomic E-state index is 6.93. The predicted octanol–water partition coefficient (Wildman–Crippen LogP) is 21.9. The van der Waals surface area contributed by atoms with Crippen LogP contribution in [0.3, 0.4) is 0 Å². The lowest BCUT2D eigenvalue weighted by Crippen LogP contribution is -2.14. The Kier molecular flexibility index (Phi) is 13.0. The highest BCUT2D eigenvalue weighted by Crippen LogP contribution is 2.57. The first-order valence-corrected chi connectivity index (χ1v) is 34.4. The first kappa shape index (κ1) is 57.5. The zero-order valence-corrected chi connectivity index (χ0v) is 54.5. The van der Waals surface area contributed by atoms with Crippen LogP contribution in [0.5, 0.6) is 11.5 Å². The van der Waals surface area contributed by atoms with Crippen LogP contribution >= 0.6 is 0 Å². The van der Waals surface area contributed by atoms with Crippen LogP contribution in [0.4, 0.5) is 0 Å². The molecule has 12 nitrogen and oxygen atoms in total. The van der Waals surface area contributed by atoms with E-state index in [2.05, 4.69) is 197 Å². The van der Waals surface area contributed by atoms with Gasteiger partial charge in [0.05, 0.1) is 22.4 Å². The van der Waals surface area contributed by atoms with E-state index in [1.54, 1.807) is 0 Å². The molecule has 18 aromatic rings. The maximum Gasteiger partial charge on any atom is 0.164 e. The molecule has 0 saturated heterocycles. The standard InChI is InChI=1S/2C45H28N4O2/c1-3-13-27(14-4-1)43-46-44(32-19-11-23-37-39(32)30-18-8-10-22-36(30)50-37)48-45(47-43)33-20-12-24-38-40(33)31-25-26-35-41(42(31)51-38)29-17-7-9-21-34(29)49(35)28-15-5-2-6-16-28;1-3-12-27(13-4-1)43-46-44(28-22-23-31-30-16-8-10-20-37(30)50-39(31)26-28)48-45(47-43)34-18-11-21-38-40(34)33-24-25-36-41(42(33)51-38)32-17-7-9-19-35(32)49(36)29-14-5-2-6-15-29/h1-26,31,42H;1-26,33,42H. The van der Waals surface area contributed by atoms with E-state index in [9.17, 15) is 0 Å². The number of aromatic nitrogens is 8. The Hall–Kier alpha value is -13.6. The minimum Gasteiger partial charge on any atom is -0.484 e. The van der Waals surface area contributed by atoms with Crippen LogP contribution in [-0.4, -0.2) is 39.0 Å². The second-order valence-corrected chi connectivity index (χ2v) is 26.2. The Bertz CT molecular complexity index is 6490. The number of benzene rings is 12. The van der Waals surface area contributed by atoms with Gasteiger partial charge in [0.2, 0.25) is 0 Å². The monoisotopic (exact) mass is 1310 g/mol. The highest BCUT2D eigenvalue weighted by molar-refractivity contribution is 6.12. The Morgan fingerprint density at radius 2 is 0.667 bits per heavy atom. The number of fused-ring (bicyclic) bond motifs is 20. The van der Waals surface area contributed by atoms with E-state index in [0.29, 0.717) is 34.9 Å². The Balaban J connectivity index is 0.000000133. The molecule has 480 valence electrons. The molecule has 0 fully saturated rings. The van der Waals surface area contributed by atoms with Crippen molar-refractivity contribution in [1.82, 2.24) is 39.0 Å². The van der Waals surface area contributed by atoms with E-state index in [0.717, 1.165) is 134 Å². The van der Waals surface area contributed by atoms with Crippen molar-refractivity contribution in [3.05, 3.63) is 337 Å². The summed E-state index contributed by atoms with van der Waals surface area (Å²) in [5.41, 5.74) is 20.2. The summed E-state index contributed by atoms with van der Waals surface area (Å²) in [6.07, 6.45) is 8.71. The lowest BCUT2D eigenvalue weighted by molar-refractivity contribution is 0.224. The van der Waals surface area contributed by atoms with Gasteiger partial charge in [-0.3, -0.25) is 0 Å².